The highest BCUT2D eigenvalue weighted by Crippen LogP contribution is 2.25. The van der Waals surface area contributed by atoms with Crippen LogP contribution in [0, 0.1) is 0 Å². The number of aromatic nitrogens is 2. The summed E-state index contributed by atoms with van der Waals surface area (Å²) in [5.41, 5.74) is 0.150. The molecule has 1 aromatic carbocycles. The van der Waals surface area contributed by atoms with Gasteiger partial charge in [-0.05, 0) is 24.3 Å². The van der Waals surface area contributed by atoms with Crippen LogP contribution in [0.2, 0.25) is 5.02 Å². The van der Waals surface area contributed by atoms with E-state index in [0.717, 1.165) is 38.7 Å². The van der Waals surface area contributed by atoms with Crippen LogP contribution in [-0.2, 0) is 0 Å². The van der Waals surface area contributed by atoms with Gasteiger partial charge in [0.2, 0.25) is 5.95 Å². The molecule has 1 aliphatic rings. The summed E-state index contributed by atoms with van der Waals surface area (Å²) in [7, 11) is 0. The molecule has 2 aromatic rings. The molecule has 0 bridgehead atoms. The van der Waals surface area contributed by atoms with E-state index in [2.05, 4.69) is 19.8 Å². The molecule has 3 rings (SSSR count). The van der Waals surface area contributed by atoms with Crippen LogP contribution in [0.5, 0.6) is 5.75 Å². The molecule has 0 saturated carbocycles. The standard InChI is InChI=1S/C17H19ClN4O3/c18-14-12-13(16(23)24)2-3-15(14)25-11-10-21-6-8-22(9-7-21)17-19-4-1-5-20-17/h1-5,12H,6-11H2,(H,23,24). The Morgan fingerprint density at radius 1 is 1.20 bits per heavy atom. The quantitative estimate of drug-likeness (QED) is 0.842. The van der Waals surface area contributed by atoms with E-state index < -0.39 is 5.97 Å². The summed E-state index contributed by atoms with van der Waals surface area (Å²) in [6.45, 7) is 4.84. The van der Waals surface area contributed by atoms with Gasteiger partial charge in [-0.3, -0.25) is 4.90 Å². The summed E-state index contributed by atoms with van der Waals surface area (Å²) in [4.78, 5) is 23.9. The number of halogens is 1. The molecule has 0 amide bonds. The lowest BCUT2D eigenvalue weighted by atomic mass is 10.2. The zero-order valence-corrected chi connectivity index (χ0v) is 14.4. The van der Waals surface area contributed by atoms with Crippen LogP contribution in [0.15, 0.2) is 36.7 Å². The Morgan fingerprint density at radius 3 is 2.56 bits per heavy atom. The molecule has 25 heavy (non-hydrogen) atoms. The van der Waals surface area contributed by atoms with E-state index in [-0.39, 0.29) is 5.56 Å². The number of piperazine rings is 1. The van der Waals surface area contributed by atoms with Crippen molar-refractivity contribution in [3.63, 3.8) is 0 Å². The van der Waals surface area contributed by atoms with Crippen LogP contribution in [0.4, 0.5) is 5.95 Å². The van der Waals surface area contributed by atoms with Crippen LogP contribution in [0.25, 0.3) is 0 Å². The van der Waals surface area contributed by atoms with Gasteiger partial charge in [-0.15, -0.1) is 0 Å². The van der Waals surface area contributed by atoms with Gasteiger partial charge in [0.15, 0.2) is 0 Å². The van der Waals surface area contributed by atoms with Crippen molar-refractivity contribution in [2.45, 2.75) is 0 Å². The highest BCUT2D eigenvalue weighted by molar-refractivity contribution is 6.32. The van der Waals surface area contributed by atoms with Gasteiger partial charge in [0.05, 0.1) is 10.6 Å². The van der Waals surface area contributed by atoms with E-state index in [1.807, 2.05) is 6.07 Å². The average Bonchev–Trinajstić information content (AvgIpc) is 2.64. The smallest absolute Gasteiger partial charge is 0.335 e. The van der Waals surface area contributed by atoms with Crippen molar-refractivity contribution in [3.8, 4) is 5.75 Å². The number of hydrogen-bond donors (Lipinski definition) is 1. The van der Waals surface area contributed by atoms with Crippen molar-refractivity contribution in [1.29, 1.82) is 0 Å². The number of aromatic carboxylic acids is 1. The Hall–Kier alpha value is -2.38. The number of carboxylic acids is 1. The topological polar surface area (TPSA) is 78.8 Å². The number of ether oxygens (including phenoxy) is 1. The first-order valence-corrected chi connectivity index (χ1v) is 8.41. The fourth-order valence-electron chi connectivity index (χ4n) is 2.66. The summed E-state index contributed by atoms with van der Waals surface area (Å²) in [6.07, 6.45) is 3.50. The van der Waals surface area contributed by atoms with Crippen LogP contribution >= 0.6 is 11.6 Å². The van der Waals surface area contributed by atoms with Gasteiger partial charge in [-0.1, -0.05) is 11.6 Å². The molecule has 1 aromatic heterocycles. The Balaban J connectivity index is 1.44. The molecule has 0 aliphatic carbocycles. The molecule has 7 nitrogen and oxygen atoms in total. The Morgan fingerprint density at radius 2 is 1.92 bits per heavy atom. The molecule has 1 saturated heterocycles. The summed E-state index contributed by atoms with van der Waals surface area (Å²) in [5, 5.41) is 9.24. The van der Waals surface area contributed by atoms with Crippen molar-refractivity contribution in [3.05, 3.63) is 47.2 Å². The summed E-state index contributed by atoms with van der Waals surface area (Å²) >= 11 is 6.06. The maximum atomic E-state index is 10.9. The SMILES string of the molecule is O=C(O)c1ccc(OCCN2CCN(c3ncccn3)CC2)c(Cl)c1. The number of carboxylic acid groups (broad SMARTS) is 1. The fraction of sp³-hybridized carbons (Fsp3) is 0.353. The third-order valence-electron chi connectivity index (χ3n) is 4.05. The number of benzene rings is 1. The second-order valence-corrected chi connectivity index (χ2v) is 6.08. The van der Waals surface area contributed by atoms with Crippen molar-refractivity contribution < 1.29 is 14.6 Å². The second-order valence-electron chi connectivity index (χ2n) is 5.68. The summed E-state index contributed by atoms with van der Waals surface area (Å²) in [5.74, 6) is 0.264. The molecule has 8 heteroatoms. The van der Waals surface area contributed by atoms with E-state index in [4.69, 9.17) is 21.4 Å². The Kier molecular flexibility index (Phi) is 5.67. The first kappa shape index (κ1) is 17.4. The molecule has 132 valence electrons. The van der Waals surface area contributed by atoms with Gasteiger partial charge in [0, 0.05) is 45.1 Å². The van der Waals surface area contributed by atoms with Crippen LogP contribution in [0.3, 0.4) is 0 Å². The number of anilines is 1. The third kappa shape index (κ3) is 4.58. The predicted molar refractivity (Wildman–Crippen MR) is 94.6 cm³/mol. The molecule has 0 radical (unpaired) electrons. The first-order valence-electron chi connectivity index (χ1n) is 8.03. The number of carbonyl (C=O) groups is 1. The molecule has 0 spiro atoms. The van der Waals surface area contributed by atoms with E-state index in [9.17, 15) is 4.79 Å². The van der Waals surface area contributed by atoms with E-state index in [1.54, 1.807) is 18.5 Å². The molecule has 1 fully saturated rings. The van der Waals surface area contributed by atoms with E-state index >= 15 is 0 Å². The molecule has 0 atom stereocenters. The number of rotatable bonds is 6. The maximum absolute atomic E-state index is 10.9. The zero-order chi connectivity index (χ0) is 17.6. The average molecular weight is 363 g/mol. The van der Waals surface area contributed by atoms with Gasteiger partial charge in [0.1, 0.15) is 12.4 Å². The number of nitrogens with zero attached hydrogens (tertiary/aromatic N) is 4. The molecule has 0 unspecified atom stereocenters. The van der Waals surface area contributed by atoms with Crippen molar-refractivity contribution >= 4 is 23.5 Å². The molecule has 1 aliphatic heterocycles. The molecular weight excluding hydrogens is 344 g/mol. The lowest BCUT2D eigenvalue weighted by molar-refractivity contribution is 0.0697. The molecule has 2 heterocycles. The fourth-order valence-corrected chi connectivity index (χ4v) is 2.90. The second kappa shape index (κ2) is 8.13. The van der Waals surface area contributed by atoms with Crippen LogP contribution < -0.4 is 9.64 Å². The Labute approximate surface area is 150 Å². The highest BCUT2D eigenvalue weighted by Gasteiger charge is 2.18. The maximum Gasteiger partial charge on any atom is 0.335 e. The van der Waals surface area contributed by atoms with Crippen LogP contribution in [-0.4, -0.2) is 65.3 Å². The Bertz CT molecular complexity index is 721. The summed E-state index contributed by atoms with van der Waals surface area (Å²) in [6, 6.07) is 6.29. The lowest BCUT2D eigenvalue weighted by Crippen LogP contribution is -2.48. The predicted octanol–water partition coefficient (Wildman–Crippen LogP) is 2.03. The van der Waals surface area contributed by atoms with Gasteiger partial charge >= 0.3 is 5.97 Å². The minimum atomic E-state index is -1.01. The van der Waals surface area contributed by atoms with Gasteiger partial charge in [-0.25, -0.2) is 14.8 Å². The van der Waals surface area contributed by atoms with Crippen LogP contribution in [0.1, 0.15) is 10.4 Å². The van der Waals surface area contributed by atoms with Gasteiger partial charge in [0.25, 0.3) is 0 Å². The normalized spacial score (nSPS) is 15.2. The van der Waals surface area contributed by atoms with E-state index in [1.165, 1.54) is 12.1 Å². The van der Waals surface area contributed by atoms with E-state index in [0.29, 0.717) is 17.4 Å². The third-order valence-corrected chi connectivity index (χ3v) is 4.35. The molecular formula is C17H19ClN4O3. The largest absolute Gasteiger partial charge is 0.491 e. The highest BCUT2D eigenvalue weighted by atomic mass is 35.5. The van der Waals surface area contributed by atoms with Gasteiger partial charge in [-0.2, -0.15) is 0 Å². The monoisotopic (exact) mass is 362 g/mol. The zero-order valence-electron chi connectivity index (χ0n) is 13.6. The summed E-state index contributed by atoms with van der Waals surface area (Å²) < 4.78 is 5.68. The molecule has 1 N–H and O–H groups in total. The van der Waals surface area contributed by atoms with Crippen molar-refractivity contribution in [1.82, 2.24) is 14.9 Å². The minimum absolute atomic E-state index is 0.150. The minimum Gasteiger partial charge on any atom is -0.491 e. The lowest BCUT2D eigenvalue weighted by Gasteiger charge is -2.34. The van der Waals surface area contributed by atoms with Crippen molar-refractivity contribution in [2.24, 2.45) is 0 Å². The first-order chi connectivity index (χ1) is 12.1. The van der Waals surface area contributed by atoms with Gasteiger partial charge < -0.3 is 14.7 Å². The number of hydrogen-bond acceptors (Lipinski definition) is 6. The van der Waals surface area contributed by atoms with Crippen molar-refractivity contribution in [2.75, 3.05) is 44.2 Å².